The molecule has 6 fully saturated rings. The minimum Gasteiger partial charge on any atom is -0.372 e. The van der Waals surface area contributed by atoms with Crippen LogP contribution in [0.2, 0.25) is 0 Å². The van der Waals surface area contributed by atoms with Gasteiger partial charge in [0.1, 0.15) is 30.5 Å². The van der Waals surface area contributed by atoms with Gasteiger partial charge in [-0.15, -0.1) is 0 Å². The average molecular weight is 1600 g/mol. The highest BCUT2D eigenvalue weighted by molar-refractivity contribution is 7.55. The van der Waals surface area contributed by atoms with Gasteiger partial charge in [0.25, 0.3) is 0 Å². The van der Waals surface area contributed by atoms with E-state index in [0.29, 0.717) is 19.3 Å². The zero-order valence-electron chi connectivity index (χ0n) is 59.3. The summed E-state index contributed by atoms with van der Waals surface area (Å²) in [7, 11) is -36.6. The van der Waals surface area contributed by atoms with Gasteiger partial charge in [-0.05, 0) is 53.4 Å². The van der Waals surface area contributed by atoms with Crippen LogP contribution in [0.5, 0.6) is 0 Å². The minimum absolute atomic E-state index is 0.115. The lowest BCUT2D eigenvalue weighted by atomic mass is 10.1. The Morgan fingerprint density at radius 3 is 0.847 bits per heavy atom. The van der Waals surface area contributed by atoms with E-state index in [-0.39, 0.29) is 88.4 Å². The van der Waals surface area contributed by atoms with E-state index in [1.54, 1.807) is 83.1 Å². The number of phosphoric ester groups is 2. The summed E-state index contributed by atoms with van der Waals surface area (Å²) >= 11 is 0. The number of rotatable bonds is 35. The van der Waals surface area contributed by atoms with Crippen LogP contribution in [0.15, 0.2) is 0 Å². The van der Waals surface area contributed by atoms with Crippen LogP contribution in [0.4, 0.5) is 0 Å². The van der Waals surface area contributed by atoms with Crippen LogP contribution in [0, 0.1) is 11.8 Å². The SMILES string of the molecule is CC(C)P(=O)(O)OC[C@H]1O[C@@H](C)C[C@@H]1OP(=O)(O)C(C)C.CC(C)P(=O)(O)OC[C@H]1O[C@@H](C)C[C@@H]1OP(=O)(O)C[C@H]1O[C@@H](C)C[C@@H]1OP(=O)(O)OC[C@H]1O[C@@H](C)C[C@@H]1OP(=O)(O)C(C)C.CC(C)P(=O)(O)OC[C@H]1O[C@@H](C)C[C@@H]1OP(=O)(O)OC[C@H]1C[C@@H](C)C[C@@H]1OP(=O)(O)C(C)C. The van der Waals surface area contributed by atoms with Gasteiger partial charge in [-0.3, -0.25) is 50.1 Å². The molecule has 1 saturated carbocycles. The molecule has 6 rings (SSSR count). The lowest BCUT2D eigenvalue weighted by molar-refractivity contribution is -0.0233. The van der Waals surface area contributed by atoms with Crippen molar-refractivity contribution in [3.8, 4) is 0 Å². The first kappa shape index (κ1) is 91.5. The molecule has 0 aromatic rings. The molecule has 27 atom stereocenters. The zero-order valence-corrected chi connectivity index (χ0v) is 67.4. The summed E-state index contributed by atoms with van der Waals surface area (Å²) in [4.78, 5) is 91.0. The Kier molecular flexibility index (Phi) is 35.4. The van der Waals surface area contributed by atoms with Gasteiger partial charge in [-0.1, -0.05) is 90.0 Å². The second-order valence-corrected chi connectivity index (χ2v) is 47.0. The molecular weight excluding hydrogens is 1480 g/mol. The Morgan fingerprint density at radius 1 is 0.296 bits per heavy atom. The van der Waals surface area contributed by atoms with Crippen LogP contribution in [-0.4, -0.2) is 215 Å². The maximum atomic E-state index is 13.2. The lowest BCUT2D eigenvalue weighted by Crippen LogP contribution is -2.32. The third kappa shape index (κ3) is 29.6. The predicted octanol–water partition coefficient (Wildman–Crippen LogP) is 11.2. The summed E-state index contributed by atoms with van der Waals surface area (Å²) < 4.78 is 198. The van der Waals surface area contributed by atoms with Crippen LogP contribution >= 0.6 is 68.8 Å². The normalized spacial score (nSPS) is 36.3. The van der Waals surface area contributed by atoms with Crippen molar-refractivity contribution in [3.05, 3.63) is 0 Å². The average Bonchev–Trinajstić information content (AvgIpc) is 1.67. The van der Waals surface area contributed by atoms with E-state index in [1.165, 1.54) is 27.7 Å². The van der Waals surface area contributed by atoms with Gasteiger partial charge < -0.3 is 99.4 Å². The molecule has 0 aromatic carbocycles. The Bertz CT molecular complexity index is 2960. The molecule has 0 amide bonds. The minimum atomic E-state index is -4.77. The fraction of sp³-hybridized carbons (Fsp3) is 1.00. The fourth-order valence-corrected chi connectivity index (χ4v) is 18.8. The largest absolute Gasteiger partial charge is 0.472 e. The molecule has 98 heavy (non-hydrogen) atoms. The summed E-state index contributed by atoms with van der Waals surface area (Å²) in [6, 6.07) is 0. The molecule has 0 spiro atoms. The van der Waals surface area contributed by atoms with E-state index in [9.17, 15) is 85.1 Å². The van der Waals surface area contributed by atoms with Crippen molar-refractivity contribution in [3.63, 3.8) is 0 Å². The van der Waals surface area contributed by atoms with Gasteiger partial charge >= 0.3 is 68.8 Å². The molecule has 5 heterocycles. The summed E-state index contributed by atoms with van der Waals surface area (Å²) in [5.41, 5.74) is -3.51. The van der Waals surface area contributed by atoms with Crippen LogP contribution in [0.25, 0.3) is 0 Å². The van der Waals surface area contributed by atoms with Gasteiger partial charge in [0.2, 0.25) is 0 Å². The van der Waals surface area contributed by atoms with Crippen molar-refractivity contribution in [1.29, 1.82) is 0 Å². The Morgan fingerprint density at radius 2 is 0.541 bits per heavy atom. The summed E-state index contributed by atoms with van der Waals surface area (Å²) in [6.45, 7) is 28.1. The molecule has 582 valence electrons. The smallest absolute Gasteiger partial charge is 0.372 e. The maximum absolute atomic E-state index is 13.2. The number of hydrogen-bond donors (Lipinski definition) is 9. The van der Waals surface area contributed by atoms with E-state index in [0.717, 1.165) is 0 Å². The summed E-state index contributed by atoms with van der Waals surface area (Å²) in [5.74, 6) is -0.136. The van der Waals surface area contributed by atoms with E-state index in [4.69, 9.17) is 73.4 Å². The lowest BCUT2D eigenvalue weighted by Gasteiger charge is -2.27. The fourth-order valence-electron chi connectivity index (χ4n) is 10.7. The molecule has 9 N–H and O–H groups in total. The van der Waals surface area contributed by atoms with Crippen molar-refractivity contribution in [1.82, 2.24) is 0 Å². The number of ether oxygens (including phenoxy) is 5. The molecule has 0 radical (unpaired) electrons. The molecule has 43 heteroatoms. The van der Waals surface area contributed by atoms with Crippen molar-refractivity contribution in [2.45, 2.75) is 301 Å². The van der Waals surface area contributed by atoms with Gasteiger partial charge in [0.05, 0.1) is 140 Å². The third-order valence-corrected chi connectivity index (χ3v) is 31.5. The van der Waals surface area contributed by atoms with Crippen molar-refractivity contribution < 1.29 is 159 Å². The Labute approximate surface area is 577 Å². The molecule has 1 aliphatic carbocycles. The van der Waals surface area contributed by atoms with E-state index in [1.807, 2.05) is 13.8 Å². The van der Waals surface area contributed by atoms with Crippen molar-refractivity contribution in [2.75, 3.05) is 39.2 Å². The first-order chi connectivity index (χ1) is 44.6. The number of phosphoric acid groups is 2. The Balaban J connectivity index is 0.000000333. The Hall–Kier alpha value is 1.07. The van der Waals surface area contributed by atoms with Crippen LogP contribution in [0.3, 0.4) is 0 Å². The second kappa shape index (κ2) is 37.9. The van der Waals surface area contributed by atoms with E-state index in [2.05, 4.69) is 0 Å². The van der Waals surface area contributed by atoms with Crippen LogP contribution in [0.1, 0.15) is 170 Å². The molecule has 34 nitrogen and oxygen atoms in total. The topological polar surface area (TPSA) is 483 Å². The van der Waals surface area contributed by atoms with Crippen LogP contribution in [-0.2, 0) is 115 Å². The first-order valence-corrected chi connectivity index (χ1v) is 47.7. The zero-order chi connectivity index (χ0) is 74.9. The second-order valence-electron chi connectivity index (χ2n) is 28.0. The molecule has 0 aromatic heterocycles. The molecule has 5 saturated heterocycles. The van der Waals surface area contributed by atoms with Crippen molar-refractivity contribution in [2.24, 2.45) is 11.8 Å². The summed E-state index contributed by atoms with van der Waals surface area (Å²) in [5, 5.41) is 0. The highest BCUT2D eigenvalue weighted by Crippen LogP contribution is 2.58. The molecule has 6 aliphatic rings. The molecule has 0 bridgehead atoms. The highest BCUT2D eigenvalue weighted by Gasteiger charge is 2.49. The molecular formula is C55H113O34P9. The molecule has 9 unspecified atom stereocenters. The number of hydrogen-bond acceptors (Lipinski definition) is 25. The van der Waals surface area contributed by atoms with Crippen molar-refractivity contribution >= 4 is 68.8 Å². The monoisotopic (exact) mass is 1600 g/mol. The van der Waals surface area contributed by atoms with Gasteiger partial charge in [-0.2, -0.15) is 0 Å². The maximum Gasteiger partial charge on any atom is 0.472 e. The van der Waals surface area contributed by atoms with Gasteiger partial charge in [0.15, 0.2) is 0 Å². The summed E-state index contributed by atoms with van der Waals surface area (Å²) in [6.07, 6.45) is -8.99. The van der Waals surface area contributed by atoms with E-state index < -0.39 is 189 Å². The first-order valence-electron chi connectivity index (χ1n) is 33.1. The van der Waals surface area contributed by atoms with E-state index >= 15 is 0 Å². The molecule has 5 aliphatic heterocycles. The quantitative estimate of drug-likeness (QED) is 0.0266. The highest BCUT2D eigenvalue weighted by atomic mass is 31.2. The van der Waals surface area contributed by atoms with Crippen LogP contribution < -0.4 is 0 Å². The third-order valence-electron chi connectivity index (χ3n) is 16.9. The standard InChI is InChI=1S/C24H48O16P4.C19H39O11P3.C12H26O7P2/c1-14(2)42(27,28)33-11-22-19(8-16(5)35-22)38-41(25,26)13-24-21(10-18(7)37-24)40-44(31,32)34-12-23-20(9-17(6)36-23)39-43(29,30)15(3)4;1-12(2)31(20,21)26-11-19-18(9-15(6)28-19)30-33(24,25)27-10-16-7-14(5)8-17(16)29-32(22,23)13(3)4;1-8(2)20(13,14)17-7-12-11(6-10(5)18-12)19-21(15,16)9(3)4/h14-24H,8-13H2,1-7H3,(H,25,26)(H,27,28)(H,29,30)(H,31,32);12-19H,7-11H2,1-6H3,(H,20,21)(H,22,23)(H,24,25);8-12H,6-7H2,1-5H3,(H,13,14)(H,15,16)/t16-,17-,18-,19-,20-,21-,22+,23+,24+;14-,15+,16-,17+,18+,19-;10-,11-,12+/m010/s1. The van der Waals surface area contributed by atoms with Gasteiger partial charge in [0, 0.05) is 38.0 Å². The van der Waals surface area contributed by atoms with Gasteiger partial charge in [-0.25, -0.2) is 9.13 Å². The predicted molar refractivity (Wildman–Crippen MR) is 360 cm³/mol.